The molecule has 4 nitrogen and oxygen atoms in total. The van der Waals surface area contributed by atoms with Crippen LogP contribution in [-0.4, -0.2) is 36.5 Å². The van der Waals surface area contributed by atoms with E-state index in [1.165, 1.54) is 6.26 Å². The van der Waals surface area contributed by atoms with Crippen molar-refractivity contribution in [1.29, 1.82) is 0 Å². The Balaban J connectivity index is 5.50. The predicted molar refractivity (Wildman–Crippen MR) is 69.5 cm³/mol. The molecule has 0 N–H and O–H groups in total. The summed E-state index contributed by atoms with van der Waals surface area (Å²) in [6.07, 6.45) is 1.40. The van der Waals surface area contributed by atoms with Gasteiger partial charge in [-0.05, 0) is 6.26 Å². The van der Waals surface area contributed by atoms with Crippen molar-refractivity contribution in [1.82, 2.24) is 0 Å². The number of rotatable bonds is 5. The number of carbonyl (C=O) groups is 1. The molecular weight excluding hydrogens is 305 g/mol. The molecule has 0 aromatic heterocycles. The van der Waals surface area contributed by atoms with Crippen LogP contribution in [0.5, 0.6) is 0 Å². The van der Waals surface area contributed by atoms with Gasteiger partial charge in [-0.3, -0.25) is 4.79 Å². The summed E-state index contributed by atoms with van der Waals surface area (Å²) in [6, 6.07) is 0. The summed E-state index contributed by atoms with van der Waals surface area (Å²) in [5.74, 6) is -0.646. The molecule has 0 aromatic carbocycles. The molecule has 0 rings (SSSR count). The minimum Gasteiger partial charge on any atom is -0.299 e. The van der Waals surface area contributed by atoms with Crippen molar-refractivity contribution in [2.24, 2.45) is 0 Å². The fraction of sp³-hybridized carbons (Fsp3) is 0.900. The molecule has 0 bridgehead atoms. The van der Waals surface area contributed by atoms with E-state index in [2.05, 4.69) is 3.63 Å². The molecule has 116 valence electrons. The average Bonchev–Trinajstić information content (AvgIpc) is 2.12. The molecule has 0 saturated carbocycles. The molecule has 19 heavy (non-hydrogen) atoms. The van der Waals surface area contributed by atoms with Crippen LogP contribution in [0, 0.1) is 0 Å². The molecule has 0 heterocycles. The van der Waals surface area contributed by atoms with Crippen LogP contribution in [0.4, 0.5) is 13.2 Å². The van der Waals surface area contributed by atoms with Crippen molar-refractivity contribution in [3.8, 4) is 0 Å². The number of Topliss-reactive ketones (excluding diaryl/α,β-unsaturated/α-hetero) is 1. The first-order valence-electron chi connectivity index (χ1n) is 5.46. The van der Waals surface area contributed by atoms with E-state index < -0.39 is 30.7 Å². The van der Waals surface area contributed by atoms with Crippen LogP contribution >= 0.6 is 10.3 Å². The summed E-state index contributed by atoms with van der Waals surface area (Å²) in [7, 11) is -8.47. The van der Waals surface area contributed by atoms with Crippen molar-refractivity contribution >= 4 is 26.2 Å². The normalized spacial score (nSPS) is 18.7. The summed E-state index contributed by atoms with van der Waals surface area (Å²) < 4.78 is 63.0. The lowest BCUT2D eigenvalue weighted by atomic mass is 10.3. The van der Waals surface area contributed by atoms with Crippen molar-refractivity contribution in [3.63, 3.8) is 0 Å². The Morgan fingerprint density at radius 2 is 1.58 bits per heavy atom. The Kier molecular flexibility index (Phi) is 5.53. The Bertz CT molecular complexity index is 437. The average molecular weight is 324 g/mol. The fourth-order valence-electron chi connectivity index (χ4n) is 0.988. The fourth-order valence-corrected chi connectivity index (χ4v) is 5.14. The third-order valence-electron chi connectivity index (χ3n) is 2.65. The summed E-state index contributed by atoms with van der Waals surface area (Å²) in [4.78, 5) is 11.5. The molecular formula is C10H19F3O4S2. The maximum atomic E-state index is 12.4. The highest BCUT2D eigenvalue weighted by Crippen LogP contribution is 2.59. The third kappa shape index (κ3) is 4.64. The zero-order valence-corrected chi connectivity index (χ0v) is 13.1. The van der Waals surface area contributed by atoms with Gasteiger partial charge in [-0.15, -0.1) is 10.3 Å². The standard InChI is InChI=1S/C10H19F3O4S2/c1-6-8(14)7-18(5,9(2,3)4)17-19(15,16)10(11,12)13/h6-7H2,1-5H3. The number of hydrogen-bond acceptors (Lipinski definition) is 4. The Labute approximate surface area is 113 Å². The van der Waals surface area contributed by atoms with Gasteiger partial charge in [-0.2, -0.15) is 21.6 Å². The van der Waals surface area contributed by atoms with Crippen LogP contribution < -0.4 is 0 Å². The summed E-state index contributed by atoms with van der Waals surface area (Å²) in [5.41, 5.74) is -5.48. The molecule has 0 saturated heterocycles. The number of ketones is 1. The molecule has 0 spiro atoms. The summed E-state index contributed by atoms with van der Waals surface area (Å²) in [5, 5.41) is 0. The van der Waals surface area contributed by atoms with Gasteiger partial charge < -0.3 is 0 Å². The van der Waals surface area contributed by atoms with E-state index in [4.69, 9.17) is 0 Å². The highest BCUT2D eigenvalue weighted by Gasteiger charge is 2.52. The van der Waals surface area contributed by atoms with E-state index in [0.717, 1.165) is 0 Å². The molecule has 0 fully saturated rings. The number of hydrogen-bond donors (Lipinski definition) is 0. The highest BCUT2D eigenvalue weighted by molar-refractivity contribution is 8.33. The monoisotopic (exact) mass is 324 g/mol. The number of halogens is 3. The first kappa shape index (κ1) is 18.7. The SMILES string of the molecule is CCC(=O)CS(C)(OS(=O)(=O)C(F)(F)F)C(C)(C)C. The minimum absolute atomic E-state index is 0.119. The van der Waals surface area contributed by atoms with E-state index in [-0.39, 0.29) is 18.0 Å². The molecule has 0 radical (unpaired) electrons. The molecule has 1 unspecified atom stereocenters. The van der Waals surface area contributed by atoms with E-state index in [1.54, 1.807) is 27.7 Å². The second-order valence-corrected chi connectivity index (χ2v) is 10.6. The van der Waals surface area contributed by atoms with Crippen molar-refractivity contribution in [2.45, 2.75) is 44.4 Å². The first-order chi connectivity index (χ1) is 8.16. The Morgan fingerprint density at radius 1 is 1.16 bits per heavy atom. The van der Waals surface area contributed by atoms with Gasteiger partial charge in [0.15, 0.2) is 0 Å². The topological polar surface area (TPSA) is 60.4 Å². The Morgan fingerprint density at radius 3 is 1.84 bits per heavy atom. The van der Waals surface area contributed by atoms with Gasteiger partial charge in [-0.25, -0.2) is 3.63 Å². The lowest BCUT2D eigenvalue weighted by molar-refractivity contribution is -0.116. The van der Waals surface area contributed by atoms with Gasteiger partial charge in [0.05, 0.1) is 5.75 Å². The maximum absolute atomic E-state index is 12.4. The van der Waals surface area contributed by atoms with Crippen LogP contribution in [0.15, 0.2) is 0 Å². The van der Waals surface area contributed by atoms with Crippen LogP contribution in [0.1, 0.15) is 34.1 Å². The van der Waals surface area contributed by atoms with Crippen LogP contribution in [0.25, 0.3) is 0 Å². The number of carbonyl (C=O) groups excluding carboxylic acids is 1. The van der Waals surface area contributed by atoms with E-state index in [1.807, 2.05) is 0 Å². The zero-order valence-electron chi connectivity index (χ0n) is 11.5. The lowest BCUT2D eigenvalue weighted by Gasteiger charge is -2.45. The molecule has 9 heteroatoms. The summed E-state index contributed by atoms with van der Waals surface area (Å²) >= 11 is 0. The molecule has 1 atom stereocenters. The van der Waals surface area contributed by atoms with Crippen molar-refractivity contribution < 1.29 is 30.0 Å². The van der Waals surface area contributed by atoms with E-state index in [0.29, 0.717) is 0 Å². The minimum atomic E-state index is -5.71. The van der Waals surface area contributed by atoms with Gasteiger partial charge in [-0.1, -0.05) is 27.7 Å². The quantitative estimate of drug-likeness (QED) is 0.730. The van der Waals surface area contributed by atoms with Crippen LogP contribution in [-0.2, 0) is 18.5 Å². The molecule has 0 aliphatic rings. The Hall–Kier alpha value is -0.280. The van der Waals surface area contributed by atoms with Crippen LogP contribution in [0.3, 0.4) is 0 Å². The molecule has 0 aromatic rings. The second-order valence-electron chi connectivity index (χ2n) is 5.12. The number of alkyl halides is 3. The first-order valence-corrected chi connectivity index (χ1v) is 9.00. The predicted octanol–water partition coefficient (Wildman–Crippen LogP) is 2.98. The smallest absolute Gasteiger partial charge is 0.299 e. The zero-order chi connectivity index (χ0) is 15.7. The van der Waals surface area contributed by atoms with Gasteiger partial charge in [0.1, 0.15) is 5.78 Å². The summed E-state index contributed by atoms with van der Waals surface area (Å²) in [6.45, 7) is 6.22. The van der Waals surface area contributed by atoms with Gasteiger partial charge in [0.25, 0.3) is 0 Å². The maximum Gasteiger partial charge on any atom is 0.523 e. The van der Waals surface area contributed by atoms with Crippen LogP contribution in [0.2, 0.25) is 0 Å². The second kappa shape index (κ2) is 5.61. The van der Waals surface area contributed by atoms with Crippen molar-refractivity contribution in [3.05, 3.63) is 0 Å². The van der Waals surface area contributed by atoms with E-state index in [9.17, 15) is 26.4 Å². The highest BCUT2D eigenvalue weighted by atomic mass is 32.3. The molecule has 0 aliphatic carbocycles. The largest absolute Gasteiger partial charge is 0.523 e. The molecule has 0 amide bonds. The van der Waals surface area contributed by atoms with Gasteiger partial charge in [0, 0.05) is 11.2 Å². The van der Waals surface area contributed by atoms with Crippen molar-refractivity contribution in [2.75, 3.05) is 12.0 Å². The third-order valence-corrected chi connectivity index (χ3v) is 8.60. The lowest BCUT2D eigenvalue weighted by Crippen LogP contribution is -2.36. The van der Waals surface area contributed by atoms with Gasteiger partial charge >= 0.3 is 15.6 Å². The van der Waals surface area contributed by atoms with E-state index >= 15 is 0 Å². The molecule has 0 aliphatic heterocycles. The van der Waals surface area contributed by atoms with Gasteiger partial charge in [0.2, 0.25) is 0 Å².